The van der Waals surface area contributed by atoms with Crippen molar-refractivity contribution in [2.24, 2.45) is 0 Å². The van der Waals surface area contributed by atoms with Crippen LogP contribution in [0.2, 0.25) is 0 Å². The molecule has 0 atom stereocenters. The summed E-state index contributed by atoms with van der Waals surface area (Å²) < 4.78 is 30.6. The predicted molar refractivity (Wildman–Crippen MR) is 87.4 cm³/mol. The van der Waals surface area contributed by atoms with Crippen LogP contribution in [0.1, 0.15) is 0 Å². The van der Waals surface area contributed by atoms with E-state index in [9.17, 15) is 8.42 Å². The van der Waals surface area contributed by atoms with Crippen molar-refractivity contribution < 1.29 is 8.42 Å². The van der Waals surface area contributed by atoms with Crippen molar-refractivity contribution in [1.82, 2.24) is 9.36 Å². The van der Waals surface area contributed by atoms with Gasteiger partial charge in [-0.05, 0) is 12.1 Å². The molecule has 3 rings (SSSR count). The summed E-state index contributed by atoms with van der Waals surface area (Å²) in [5, 5.41) is 0. The van der Waals surface area contributed by atoms with Gasteiger partial charge in [-0.1, -0.05) is 48.5 Å². The first-order valence-corrected chi connectivity index (χ1v) is 8.73. The first-order chi connectivity index (χ1) is 10.6. The molecule has 22 heavy (non-hydrogen) atoms. The molecule has 0 N–H and O–H groups in total. The van der Waals surface area contributed by atoms with Gasteiger partial charge in [0.25, 0.3) is 10.0 Å². The molecule has 0 aliphatic rings. The van der Waals surface area contributed by atoms with Gasteiger partial charge in [-0.2, -0.15) is 12.8 Å². The van der Waals surface area contributed by atoms with Gasteiger partial charge in [0.1, 0.15) is 0 Å². The Morgan fingerprint density at radius 3 is 2.18 bits per heavy atom. The monoisotopic (exact) mass is 331 g/mol. The van der Waals surface area contributed by atoms with Gasteiger partial charge < -0.3 is 0 Å². The molecular formula is C15H13N3O2S2. The molecule has 5 nitrogen and oxygen atoms in total. The van der Waals surface area contributed by atoms with E-state index in [4.69, 9.17) is 0 Å². The van der Waals surface area contributed by atoms with E-state index in [0.29, 0.717) is 11.5 Å². The predicted octanol–water partition coefficient (Wildman–Crippen LogP) is 3.03. The van der Waals surface area contributed by atoms with Crippen LogP contribution in [0.25, 0.3) is 11.4 Å². The number of benzene rings is 2. The molecule has 1 heterocycles. The summed E-state index contributed by atoms with van der Waals surface area (Å²) >= 11 is 0.884. The fourth-order valence-corrected chi connectivity index (χ4v) is 4.01. The van der Waals surface area contributed by atoms with Gasteiger partial charge in [-0.15, -0.1) is 0 Å². The van der Waals surface area contributed by atoms with Crippen LogP contribution >= 0.6 is 11.5 Å². The smallest absolute Gasteiger partial charge is 0.267 e. The highest BCUT2D eigenvalue weighted by atomic mass is 32.2. The molecule has 0 fully saturated rings. The van der Waals surface area contributed by atoms with E-state index in [1.54, 1.807) is 24.3 Å². The maximum atomic E-state index is 12.6. The Labute approximate surface area is 133 Å². The lowest BCUT2D eigenvalue weighted by Crippen LogP contribution is -2.26. The minimum absolute atomic E-state index is 0.0160. The van der Waals surface area contributed by atoms with Crippen molar-refractivity contribution in [2.45, 2.75) is 4.34 Å². The molecule has 112 valence electrons. The zero-order valence-corrected chi connectivity index (χ0v) is 13.4. The lowest BCUT2D eigenvalue weighted by Gasteiger charge is -2.17. The zero-order valence-electron chi connectivity index (χ0n) is 11.7. The number of rotatable bonds is 4. The Morgan fingerprint density at radius 1 is 0.955 bits per heavy atom. The van der Waals surface area contributed by atoms with Crippen LogP contribution in [0, 0.1) is 0 Å². The van der Waals surface area contributed by atoms with Crippen LogP contribution in [-0.2, 0) is 10.0 Å². The Morgan fingerprint density at radius 2 is 1.55 bits per heavy atom. The molecule has 3 aromatic rings. The first-order valence-electron chi connectivity index (χ1n) is 6.52. The van der Waals surface area contributed by atoms with E-state index in [2.05, 4.69) is 9.36 Å². The summed E-state index contributed by atoms with van der Waals surface area (Å²) in [5.41, 5.74) is 1.38. The highest BCUT2D eigenvalue weighted by Crippen LogP contribution is 2.25. The highest BCUT2D eigenvalue weighted by molar-refractivity contribution is 7.94. The zero-order chi connectivity index (χ0) is 15.6. The van der Waals surface area contributed by atoms with Crippen molar-refractivity contribution in [1.29, 1.82) is 0 Å². The number of nitrogens with zero attached hydrogens (tertiary/aromatic N) is 3. The van der Waals surface area contributed by atoms with Crippen LogP contribution in [0.15, 0.2) is 65.0 Å². The lowest BCUT2D eigenvalue weighted by molar-refractivity contribution is 0.593. The van der Waals surface area contributed by atoms with E-state index in [-0.39, 0.29) is 4.34 Å². The van der Waals surface area contributed by atoms with Gasteiger partial charge in [-0.3, -0.25) is 4.31 Å². The minimum Gasteiger partial charge on any atom is -0.267 e. The van der Waals surface area contributed by atoms with Crippen molar-refractivity contribution in [3.8, 4) is 11.4 Å². The Kier molecular flexibility index (Phi) is 3.91. The minimum atomic E-state index is -3.70. The number of aromatic nitrogens is 2. The molecular weight excluding hydrogens is 318 g/mol. The lowest BCUT2D eigenvalue weighted by atomic mass is 10.2. The van der Waals surface area contributed by atoms with Crippen LogP contribution in [0.5, 0.6) is 0 Å². The second kappa shape index (κ2) is 5.86. The summed E-state index contributed by atoms with van der Waals surface area (Å²) in [4.78, 5) is 4.18. The first kappa shape index (κ1) is 14.7. The van der Waals surface area contributed by atoms with E-state index >= 15 is 0 Å². The largest absolute Gasteiger partial charge is 0.292 e. The molecule has 0 bridgehead atoms. The molecule has 0 spiro atoms. The summed E-state index contributed by atoms with van der Waals surface area (Å²) in [5.74, 6) is 0.422. The molecule has 0 unspecified atom stereocenters. The summed E-state index contributed by atoms with van der Waals surface area (Å²) in [6, 6.07) is 18.2. The van der Waals surface area contributed by atoms with Gasteiger partial charge in [-0.25, -0.2) is 4.98 Å². The molecule has 2 aromatic carbocycles. The van der Waals surface area contributed by atoms with Crippen molar-refractivity contribution in [3.63, 3.8) is 0 Å². The fourth-order valence-electron chi connectivity index (χ4n) is 1.91. The van der Waals surface area contributed by atoms with Crippen molar-refractivity contribution >= 4 is 27.2 Å². The third kappa shape index (κ3) is 2.72. The summed E-state index contributed by atoms with van der Waals surface area (Å²) in [6.45, 7) is 0. The summed E-state index contributed by atoms with van der Waals surface area (Å²) in [7, 11) is -2.19. The van der Waals surface area contributed by atoms with Crippen LogP contribution < -0.4 is 4.31 Å². The maximum Gasteiger partial charge on any atom is 0.292 e. The molecule has 0 saturated carbocycles. The second-order valence-electron chi connectivity index (χ2n) is 4.56. The molecule has 0 saturated heterocycles. The molecule has 0 aliphatic carbocycles. The number of sulfonamides is 1. The third-order valence-electron chi connectivity index (χ3n) is 3.14. The number of anilines is 1. The molecule has 0 radical (unpaired) electrons. The average Bonchev–Trinajstić information content (AvgIpc) is 3.06. The highest BCUT2D eigenvalue weighted by Gasteiger charge is 2.26. The second-order valence-corrected chi connectivity index (χ2v) is 7.45. The van der Waals surface area contributed by atoms with Gasteiger partial charge in [0.2, 0.25) is 4.34 Å². The van der Waals surface area contributed by atoms with E-state index in [1.165, 1.54) is 11.4 Å². The van der Waals surface area contributed by atoms with Crippen LogP contribution in [0.4, 0.5) is 5.69 Å². The van der Waals surface area contributed by atoms with Crippen LogP contribution in [0.3, 0.4) is 0 Å². The molecule has 0 amide bonds. The molecule has 0 aliphatic heterocycles. The van der Waals surface area contributed by atoms with Gasteiger partial charge in [0.05, 0.1) is 5.69 Å². The Bertz CT molecular complexity index is 862. The normalized spacial score (nSPS) is 11.3. The number of para-hydroxylation sites is 1. The Balaban J connectivity index is 1.95. The van der Waals surface area contributed by atoms with Crippen LogP contribution in [-0.4, -0.2) is 24.8 Å². The molecule has 7 heteroatoms. The van der Waals surface area contributed by atoms with Gasteiger partial charge in [0, 0.05) is 24.1 Å². The topological polar surface area (TPSA) is 63.2 Å². The number of hydrogen-bond acceptors (Lipinski definition) is 5. The van der Waals surface area contributed by atoms with Gasteiger partial charge >= 0.3 is 0 Å². The quantitative estimate of drug-likeness (QED) is 0.737. The summed E-state index contributed by atoms with van der Waals surface area (Å²) in [6.07, 6.45) is 0. The van der Waals surface area contributed by atoms with Gasteiger partial charge in [0.15, 0.2) is 5.82 Å². The average molecular weight is 331 g/mol. The number of hydrogen-bond donors (Lipinski definition) is 0. The van der Waals surface area contributed by atoms with E-state index in [0.717, 1.165) is 17.1 Å². The van der Waals surface area contributed by atoms with E-state index < -0.39 is 10.0 Å². The van der Waals surface area contributed by atoms with E-state index in [1.807, 2.05) is 36.4 Å². The SMILES string of the molecule is CN(c1ccccc1)S(=O)(=O)c1nc(-c2ccccc2)ns1. The van der Waals surface area contributed by atoms with Crippen molar-refractivity contribution in [3.05, 3.63) is 60.7 Å². The third-order valence-corrected chi connectivity index (χ3v) is 5.97. The fraction of sp³-hybridized carbons (Fsp3) is 0.0667. The van der Waals surface area contributed by atoms with Crippen molar-refractivity contribution in [2.75, 3.05) is 11.4 Å². The molecule has 1 aromatic heterocycles. The maximum absolute atomic E-state index is 12.6. The Hall–Kier alpha value is -2.25. The standard InChI is InChI=1S/C15H13N3O2S2/c1-18(13-10-6-3-7-11-13)22(19,20)15-16-14(17-21-15)12-8-4-2-5-9-12/h2-11H,1H3.